The van der Waals surface area contributed by atoms with Crippen molar-refractivity contribution in [1.29, 1.82) is 0 Å². The number of amides is 4. The van der Waals surface area contributed by atoms with Gasteiger partial charge < -0.3 is 9.80 Å². The Morgan fingerprint density at radius 2 is 0.840 bits per heavy atom. The molecule has 2 aromatic rings. The maximum Gasteiger partial charge on any atom is 0.261 e. The number of rotatable bonds is 17. The molecule has 2 atom stereocenters. The van der Waals surface area contributed by atoms with Crippen molar-refractivity contribution in [2.24, 2.45) is 0 Å². The molecule has 2 aliphatic carbocycles. The molecule has 2 N–H and O–H groups in total. The average molecular weight is 685 g/mol. The Kier molecular flexibility index (Phi) is 12.6. The molecule has 270 valence electrons. The molecule has 50 heavy (non-hydrogen) atoms. The van der Waals surface area contributed by atoms with Crippen LogP contribution >= 0.6 is 0 Å². The van der Waals surface area contributed by atoms with Crippen LogP contribution in [0.4, 0.5) is 0 Å². The molecule has 8 nitrogen and oxygen atoms in total. The van der Waals surface area contributed by atoms with E-state index in [2.05, 4.69) is 0 Å². The van der Waals surface area contributed by atoms with Crippen molar-refractivity contribution in [2.75, 3.05) is 39.3 Å². The molecule has 2 aliphatic heterocycles. The fourth-order valence-corrected chi connectivity index (χ4v) is 9.29. The number of quaternary nitrogens is 2. The predicted octanol–water partition coefficient (Wildman–Crippen LogP) is 4.97. The zero-order valence-electron chi connectivity index (χ0n) is 30.7. The summed E-state index contributed by atoms with van der Waals surface area (Å²) in [6.45, 7) is 9.32. The quantitative estimate of drug-likeness (QED) is 0.182. The lowest BCUT2D eigenvalue weighted by molar-refractivity contribution is -0.928. The Bertz CT molecular complexity index is 1410. The van der Waals surface area contributed by atoms with E-state index in [1.54, 1.807) is 21.9 Å². The lowest BCUT2D eigenvalue weighted by Crippen LogP contribution is -3.16. The summed E-state index contributed by atoms with van der Waals surface area (Å²) in [5.41, 5.74) is 4.26. The number of nitrogens with one attached hydrogen (secondary N) is 2. The van der Waals surface area contributed by atoms with Gasteiger partial charge in [0.25, 0.3) is 23.6 Å². The zero-order valence-corrected chi connectivity index (χ0v) is 30.7. The van der Waals surface area contributed by atoms with Crippen molar-refractivity contribution in [3.63, 3.8) is 0 Å². The molecule has 4 amide bonds. The third kappa shape index (κ3) is 8.56. The van der Waals surface area contributed by atoms with Crippen LogP contribution in [-0.2, 0) is 0 Å². The van der Waals surface area contributed by atoms with Crippen LogP contribution < -0.4 is 9.80 Å². The number of nitrogens with zero attached hydrogens (tertiary/aromatic N) is 2. The average Bonchev–Trinajstić information content (AvgIpc) is 3.51. The normalized spacial score (nSPS) is 19.7. The lowest BCUT2D eigenvalue weighted by Gasteiger charge is -2.32. The molecular formula is C42H60N4O4+2. The van der Waals surface area contributed by atoms with E-state index >= 15 is 0 Å². The number of carbonyl (C=O) groups is 4. The van der Waals surface area contributed by atoms with Crippen molar-refractivity contribution < 1.29 is 29.0 Å². The van der Waals surface area contributed by atoms with Gasteiger partial charge in [-0.05, 0) is 115 Å². The van der Waals surface area contributed by atoms with Crippen molar-refractivity contribution in [2.45, 2.75) is 129 Å². The van der Waals surface area contributed by atoms with Crippen molar-refractivity contribution >= 4 is 23.6 Å². The molecule has 2 aromatic carbocycles. The van der Waals surface area contributed by atoms with Gasteiger partial charge in [0, 0.05) is 25.9 Å². The first-order valence-corrected chi connectivity index (χ1v) is 19.9. The summed E-state index contributed by atoms with van der Waals surface area (Å²) < 4.78 is 0. The van der Waals surface area contributed by atoms with E-state index in [9.17, 15) is 19.2 Å². The fraction of sp³-hybridized carbons (Fsp3) is 0.619. The van der Waals surface area contributed by atoms with E-state index in [0.29, 0.717) is 47.4 Å². The maximum absolute atomic E-state index is 13.0. The van der Waals surface area contributed by atoms with Gasteiger partial charge in [-0.3, -0.25) is 29.0 Å². The van der Waals surface area contributed by atoms with E-state index in [4.69, 9.17) is 0 Å². The van der Waals surface area contributed by atoms with Crippen LogP contribution in [0.5, 0.6) is 0 Å². The molecule has 0 spiro atoms. The summed E-state index contributed by atoms with van der Waals surface area (Å²) in [5, 5.41) is 0. The van der Waals surface area contributed by atoms with Gasteiger partial charge in [-0.1, -0.05) is 36.1 Å². The number of carbonyl (C=O) groups excluding carboxylic acids is 4. The van der Waals surface area contributed by atoms with Gasteiger partial charge in [-0.15, -0.1) is 0 Å². The Hall–Kier alpha value is -3.36. The highest BCUT2D eigenvalue weighted by atomic mass is 16.2. The van der Waals surface area contributed by atoms with E-state index in [1.807, 2.05) is 38.1 Å². The monoisotopic (exact) mass is 684 g/mol. The second-order valence-corrected chi connectivity index (χ2v) is 15.7. The van der Waals surface area contributed by atoms with Gasteiger partial charge in [0.15, 0.2) is 0 Å². The van der Waals surface area contributed by atoms with Gasteiger partial charge in [0.2, 0.25) is 0 Å². The zero-order chi connectivity index (χ0) is 35.0. The van der Waals surface area contributed by atoms with Crippen LogP contribution in [0, 0.1) is 13.8 Å². The van der Waals surface area contributed by atoms with Crippen LogP contribution in [-0.4, -0.2) is 84.8 Å². The summed E-state index contributed by atoms with van der Waals surface area (Å²) in [6, 6.07) is 12.5. The lowest BCUT2D eigenvalue weighted by atomic mass is 9.93. The molecule has 0 radical (unpaired) electrons. The third-order valence-corrected chi connectivity index (χ3v) is 12.1. The van der Waals surface area contributed by atoms with Crippen LogP contribution in [0.15, 0.2) is 36.4 Å². The number of fused-ring (bicyclic) bond motifs is 2. The van der Waals surface area contributed by atoms with Crippen LogP contribution in [0.2, 0.25) is 0 Å². The number of aryl methyl sites for hydroxylation is 2. The van der Waals surface area contributed by atoms with Gasteiger partial charge in [-0.2, -0.15) is 0 Å². The molecule has 0 saturated heterocycles. The predicted molar refractivity (Wildman–Crippen MR) is 196 cm³/mol. The minimum Gasteiger partial charge on any atom is -0.332 e. The molecule has 0 bridgehead atoms. The standard InChI is InChI=1S/C42H58N4O4/c1-31-19-21-35-37(29-31)41(49)45(39(35)47)27-13-25-43(33-15-7-5-8-16-33)23-11-3-4-12-24-44(34-17-9-6-10-18-34)26-14-28-46-40(48)36-22-20-32(2)30-38(36)42(46)50/h19-22,29-30,33-34H,3-18,23-28H2,1-2H3/p+2. The summed E-state index contributed by atoms with van der Waals surface area (Å²) in [6.07, 6.45) is 19.8. The van der Waals surface area contributed by atoms with E-state index in [1.165, 1.54) is 113 Å². The summed E-state index contributed by atoms with van der Waals surface area (Å²) >= 11 is 0. The highest BCUT2D eigenvalue weighted by molar-refractivity contribution is 6.22. The molecule has 6 rings (SSSR count). The first kappa shape index (κ1) is 36.4. The second kappa shape index (κ2) is 17.2. The molecule has 4 aliphatic rings. The van der Waals surface area contributed by atoms with E-state index in [-0.39, 0.29) is 23.6 Å². The first-order chi connectivity index (χ1) is 24.3. The molecule has 8 heteroatoms. The Balaban J connectivity index is 0.942. The largest absolute Gasteiger partial charge is 0.332 e. The minimum atomic E-state index is -0.132. The van der Waals surface area contributed by atoms with Crippen molar-refractivity contribution in [1.82, 2.24) is 9.80 Å². The molecule has 2 saturated carbocycles. The number of imide groups is 2. The maximum atomic E-state index is 13.0. The number of hydrogen-bond acceptors (Lipinski definition) is 4. The SMILES string of the molecule is Cc1ccc2c(c1)C(=O)N(CCC[NH+](CCCCCC[NH+](CCCN1C(=O)c3ccc(C)cc3C1=O)C1CCCCC1)C1CCCCC1)C2=O. The first-order valence-electron chi connectivity index (χ1n) is 19.9. The molecule has 0 aromatic heterocycles. The third-order valence-electron chi connectivity index (χ3n) is 12.1. The Morgan fingerprint density at radius 3 is 1.24 bits per heavy atom. The van der Waals surface area contributed by atoms with E-state index < -0.39 is 0 Å². The number of benzene rings is 2. The number of unbranched alkanes of at least 4 members (excludes halogenated alkanes) is 3. The van der Waals surface area contributed by atoms with Gasteiger partial charge >= 0.3 is 0 Å². The van der Waals surface area contributed by atoms with Crippen molar-refractivity contribution in [3.8, 4) is 0 Å². The van der Waals surface area contributed by atoms with Crippen LogP contribution in [0.25, 0.3) is 0 Å². The highest BCUT2D eigenvalue weighted by Crippen LogP contribution is 2.25. The van der Waals surface area contributed by atoms with Crippen molar-refractivity contribution in [3.05, 3.63) is 69.8 Å². The summed E-state index contributed by atoms with van der Waals surface area (Å²) in [5.74, 6) is -0.522. The molecule has 2 unspecified atom stereocenters. The Labute approximate surface area is 299 Å². The minimum absolute atomic E-state index is 0.129. The van der Waals surface area contributed by atoms with E-state index in [0.717, 1.165) is 37.1 Å². The van der Waals surface area contributed by atoms with Gasteiger partial charge in [-0.25, -0.2) is 0 Å². The Morgan fingerprint density at radius 1 is 0.480 bits per heavy atom. The second-order valence-electron chi connectivity index (χ2n) is 15.7. The summed E-state index contributed by atoms with van der Waals surface area (Å²) in [7, 11) is 0. The summed E-state index contributed by atoms with van der Waals surface area (Å²) in [4.78, 5) is 58.3. The fourth-order valence-electron chi connectivity index (χ4n) is 9.29. The van der Waals surface area contributed by atoms with Gasteiger partial charge in [0.05, 0.1) is 60.5 Å². The highest BCUT2D eigenvalue weighted by Gasteiger charge is 2.37. The molecular weight excluding hydrogens is 624 g/mol. The van der Waals surface area contributed by atoms with Crippen LogP contribution in [0.3, 0.4) is 0 Å². The van der Waals surface area contributed by atoms with Crippen LogP contribution in [0.1, 0.15) is 155 Å². The van der Waals surface area contributed by atoms with Gasteiger partial charge in [0.1, 0.15) is 0 Å². The molecule has 2 fully saturated rings. The smallest absolute Gasteiger partial charge is 0.261 e. The molecule has 2 heterocycles. The topological polar surface area (TPSA) is 83.6 Å². The number of hydrogen-bond donors (Lipinski definition) is 2.